The second-order valence-corrected chi connectivity index (χ2v) is 26.0. The Morgan fingerprint density at radius 2 is 0.580 bits per heavy atom. The topological polar surface area (TPSA) is 122 Å². The van der Waals surface area contributed by atoms with Crippen LogP contribution in [0.1, 0.15) is 35.1 Å². The Morgan fingerprint density at radius 1 is 0.250 bits per heavy atom. The van der Waals surface area contributed by atoms with Gasteiger partial charge in [-0.1, -0.05) is 274 Å². The molecule has 1 saturated heterocycles. The van der Waals surface area contributed by atoms with Gasteiger partial charge in [0, 0.05) is 54.9 Å². The lowest BCUT2D eigenvalue weighted by molar-refractivity contribution is 0.00578. The summed E-state index contributed by atoms with van der Waals surface area (Å²) in [6.45, 7) is 8.26. The molecule has 0 unspecified atom stereocenters. The summed E-state index contributed by atoms with van der Waals surface area (Å²) in [5.41, 5.74) is 17.8. The number of rotatable bonds is 11. The van der Waals surface area contributed by atoms with Crippen LogP contribution in [0.4, 0.5) is 0 Å². The zero-order valence-electron chi connectivity index (χ0n) is 54.8. The van der Waals surface area contributed by atoms with Crippen LogP contribution in [0.3, 0.4) is 0 Å². The van der Waals surface area contributed by atoms with Gasteiger partial charge in [-0.15, -0.1) is 0 Å². The Balaban J connectivity index is 0.000000156. The van der Waals surface area contributed by atoms with Gasteiger partial charge in [-0.25, -0.2) is 29.9 Å². The standard InChI is InChI=1S/C49H31N3O.C39H32BN3O3.CH4/c1-3-11-32(12-4-1)34-21-24-36(25-22-34)48-50-47(35-14-5-2-6-15-35)51-49(52-48)42-19-10-20-45-46(42)43-31-41(27-28-44(43)53-45)39-18-9-17-38(30-39)40-26-23-33-13-7-8-16-37(33)29-40;1-38(2)39(3,4)46-40(45-38)29-22-23-32-31(24-29)34-30(16-11-17-33(34)44-32)37-42-35(27-14-9-6-10-15-27)41-36(43-37)28-20-18-26(19-21-28)25-12-7-5-8-13-25;/h1-31H;5-24H,1-4H3;1H4. The molecule has 4 aromatic heterocycles. The minimum atomic E-state index is -0.487. The molecule has 1 aliphatic heterocycles. The average Bonchev–Trinajstić information content (AvgIpc) is 1.31. The van der Waals surface area contributed by atoms with E-state index in [4.69, 9.17) is 48.0 Å². The highest BCUT2D eigenvalue weighted by Gasteiger charge is 2.52. The van der Waals surface area contributed by atoms with E-state index in [1.54, 1.807) is 0 Å². The van der Waals surface area contributed by atoms with Gasteiger partial charge in [0.05, 0.1) is 11.2 Å². The van der Waals surface area contributed by atoms with Gasteiger partial charge in [0.2, 0.25) is 0 Å². The third kappa shape index (κ3) is 12.0. The molecule has 11 heteroatoms. The van der Waals surface area contributed by atoms with Gasteiger partial charge in [-0.3, -0.25) is 0 Å². The molecule has 1 aliphatic rings. The van der Waals surface area contributed by atoms with E-state index in [2.05, 4.69) is 210 Å². The number of hydrogen-bond donors (Lipinski definition) is 0. The first-order valence-corrected chi connectivity index (χ1v) is 33.3. The normalized spacial score (nSPS) is 13.2. The van der Waals surface area contributed by atoms with Crippen molar-refractivity contribution in [2.75, 3.05) is 0 Å². The fraction of sp³-hybridized carbons (Fsp3) is 0.0787. The van der Waals surface area contributed by atoms with E-state index in [1.165, 1.54) is 27.5 Å². The predicted molar refractivity (Wildman–Crippen MR) is 409 cm³/mol. The first kappa shape index (κ1) is 62.5. The summed E-state index contributed by atoms with van der Waals surface area (Å²) < 4.78 is 25.6. The number of hydrogen-bond acceptors (Lipinski definition) is 10. The van der Waals surface area contributed by atoms with Crippen LogP contribution >= 0.6 is 0 Å². The maximum absolute atomic E-state index is 6.45. The monoisotopic (exact) mass is 1290 g/mol. The molecule has 0 bridgehead atoms. The van der Waals surface area contributed by atoms with Crippen LogP contribution in [0.5, 0.6) is 0 Å². The average molecular weight is 1300 g/mol. The van der Waals surface area contributed by atoms with E-state index in [1.807, 2.05) is 127 Å². The molecule has 480 valence electrons. The highest BCUT2D eigenvalue weighted by Crippen LogP contribution is 2.42. The maximum Gasteiger partial charge on any atom is 0.494 e. The summed E-state index contributed by atoms with van der Waals surface area (Å²) in [6, 6.07) is 106. The van der Waals surface area contributed by atoms with Gasteiger partial charge in [0.15, 0.2) is 34.9 Å². The molecule has 0 N–H and O–H groups in total. The number of furan rings is 2. The van der Waals surface area contributed by atoms with E-state index in [0.29, 0.717) is 34.9 Å². The third-order valence-corrected chi connectivity index (χ3v) is 19.1. The predicted octanol–water partition coefficient (Wildman–Crippen LogP) is 22.3. The number of benzene rings is 13. The molecular weight excluding hydrogens is 1230 g/mol. The van der Waals surface area contributed by atoms with Crippen LogP contribution in [-0.4, -0.2) is 48.2 Å². The largest absolute Gasteiger partial charge is 0.494 e. The summed E-state index contributed by atoms with van der Waals surface area (Å²) in [7, 11) is -0.487. The van der Waals surface area contributed by atoms with Crippen molar-refractivity contribution in [1.82, 2.24) is 29.9 Å². The van der Waals surface area contributed by atoms with Crippen LogP contribution in [0.2, 0.25) is 0 Å². The zero-order valence-corrected chi connectivity index (χ0v) is 54.8. The maximum atomic E-state index is 6.45. The second kappa shape index (κ2) is 25.9. The van der Waals surface area contributed by atoms with Crippen molar-refractivity contribution in [2.45, 2.75) is 46.3 Å². The van der Waals surface area contributed by atoms with Crippen molar-refractivity contribution in [3.8, 4) is 113 Å². The number of fused-ring (bicyclic) bond motifs is 7. The van der Waals surface area contributed by atoms with Crippen molar-refractivity contribution in [1.29, 1.82) is 0 Å². The highest BCUT2D eigenvalue weighted by molar-refractivity contribution is 6.62. The van der Waals surface area contributed by atoms with Crippen molar-refractivity contribution < 1.29 is 18.1 Å². The number of nitrogens with zero attached hydrogens (tertiary/aromatic N) is 6. The van der Waals surface area contributed by atoms with Gasteiger partial charge in [-0.2, -0.15) is 0 Å². The molecule has 0 saturated carbocycles. The van der Waals surface area contributed by atoms with Crippen LogP contribution < -0.4 is 5.46 Å². The molecule has 1 fully saturated rings. The SMILES string of the molecule is C.CC1(C)OB(c2ccc3oc4cccc(-c5nc(-c6ccccc6)nc(-c6ccc(-c7ccccc7)cc6)n5)c4c3c2)OC1(C)C.c1ccc(-c2ccc(-c3nc(-c4ccccc4)nc(-c4cccc5oc6ccc(-c7cccc(-c8ccc9ccccc9c8)c7)cc6c45)n3)cc2)cc1. The van der Waals surface area contributed by atoms with Gasteiger partial charge >= 0.3 is 7.12 Å². The summed E-state index contributed by atoms with van der Waals surface area (Å²) in [5.74, 6) is 3.61. The van der Waals surface area contributed by atoms with Gasteiger partial charge in [0.1, 0.15) is 22.3 Å². The fourth-order valence-electron chi connectivity index (χ4n) is 13.2. The summed E-state index contributed by atoms with van der Waals surface area (Å²) in [4.78, 5) is 30.2. The summed E-state index contributed by atoms with van der Waals surface area (Å²) >= 11 is 0. The van der Waals surface area contributed by atoms with E-state index < -0.39 is 18.3 Å². The van der Waals surface area contributed by atoms with Crippen LogP contribution in [0, 0.1) is 0 Å². The van der Waals surface area contributed by atoms with Crippen molar-refractivity contribution in [3.63, 3.8) is 0 Å². The minimum absolute atomic E-state index is 0. The molecule has 0 atom stereocenters. The lowest BCUT2D eigenvalue weighted by atomic mass is 9.78. The Labute approximate surface area is 580 Å². The summed E-state index contributed by atoms with van der Waals surface area (Å²) in [5, 5.41) is 6.35. The van der Waals surface area contributed by atoms with E-state index >= 15 is 0 Å². The smallest absolute Gasteiger partial charge is 0.456 e. The van der Waals surface area contributed by atoms with Gasteiger partial charge < -0.3 is 18.1 Å². The van der Waals surface area contributed by atoms with Crippen LogP contribution in [0.15, 0.2) is 318 Å². The molecule has 10 nitrogen and oxygen atoms in total. The molecular formula is C89H67BN6O4. The minimum Gasteiger partial charge on any atom is -0.456 e. The van der Waals surface area contributed by atoms with E-state index in [0.717, 1.165) is 111 Å². The third-order valence-electron chi connectivity index (χ3n) is 19.1. The first-order chi connectivity index (χ1) is 48.5. The van der Waals surface area contributed by atoms with Gasteiger partial charge in [0.25, 0.3) is 0 Å². The zero-order chi connectivity index (χ0) is 66.6. The van der Waals surface area contributed by atoms with E-state index in [-0.39, 0.29) is 7.43 Å². The molecule has 17 aromatic rings. The molecule has 18 rings (SSSR count). The molecule has 0 amide bonds. The lowest BCUT2D eigenvalue weighted by Crippen LogP contribution is -2.41. The first-order valence-electron chi connectivity index (χ1n) is 33.3. The van der Waals surface area contributed by atoms with Crippen molar-refractivity contribution >= 4 is 67.2 Å². The van der Waals surface area contributed by atoms with E-state index in [9.17, 15) is 0 Å². The second-order valence-electron chi connectivity index (χ2n) is 26.0. The molecule has 0 aliphatic carbocycles. The Hall–Kier alpha value is -12.3. The molecule has 0 radical (unpaired) electrons. The lowest BCUT2D eigenvalue weighted by Gasteiger charge is -2.32. The van der Waals surface area contributed by atoms with Gasteiger partial charge in [-0.05, 0) is 131 Å². The number of aromatic nitrogens is 6. The Kier molecular flexibility index (Phi) is 16.2. The quantitative estimate of drug-likeness (QED) is 0.116. The molecule has 100 heavy (non-hydrogen) atoms. The van der Waals surface area contributed by atoms with Crippen LogP contribution in [0.25, 0.3) is 167 Å². The Morgan fingerprint density at radius 3 is 1.06 bits per heavy atom. The summed E-state index contributed by atoms with van der Waals surface area (Å²) in [6.07, 6.45) is 0. The molecule has 5 heterocycles. The van der Waals surface area contributed by atoms with Crippen molar-refractivity contribution in [3.05, 3.63) is 309 Å². The highest BCUT2D eigenvalue weighted by atomic mass is 16.7. The fourth-order valence-corrected chi connectivity index (χ4v) is 13.2. The molecule has 0 spiro atoms. The van der Waals surface area contributed by atoms with Crippen molar-refractivity contribution in [2.24, 2.45) is 0 Å². The van der Waals surface area contributed by atoms with Crippen LogP contribution in [-0.2, 0) is 9.31 Å². The Bertz CT molecular complexity index is 5850. The molecule has 13 aromatic carbocycles.